The van der Waals surface area contributed by atoms with E-state index in [2.05, 4.69) is 11.9 Å². The van der Waals surface area contributed by atoms with Crippen molar-refractivity contribution in [1.82, 2.24) is 5.32 Å². The number of carbonyl (C=O) groups excluding carboxylic acids is 1. The van der Waals surface area contributed by atoms with Gasteiger partial charge in [0, 0.05) is 10.4 Å². The van der Waals surface area contributed by atoms with Crippen LogP contribution in [0.2, 0.25) is 10.0 Å². The first kappa shape index (κ1) is 22.4. The average molecular weight is 481 g/mol. The highest BCUT2D eigenvalue weighted by Gasteiger charge is 2.28. The van der Waals surface area contributed by atoms with Gasteiger partial charge in [-0.1, -0.05) is 47.5 Å². The number of sulfonamides is 1. The second-order valence-corrected chi connectivity index (χ2v) is 9.86. The number of carbonyl (C=O) groups is 1. The molecule has 2 aromatic carbocycles. The second kappa shape index (κ2) is 9.66. The summed E-state index contributed by atoms with van der Waals surface area (Å²) in [7, 11) is -4.12. The SMILES string of the molecule is C=CCN(c1ccccc1Cl)S(=O)(=O)c1cc(C(=O)NCc2cccs2)ccc1Cl. The number of para-hydroxylation sites is 1. The Hall–Kier alpha value is -2.32. The maximum absolute atomic E-state index is 13.4. The monoisotopic (exact) mass is 480 g/mol. The quantitative estimate of drug-likeness (QED) is 0.440. The zero-order valence-corrected chi connectivity index (χ0v) is 18.9. The lowest BCUT2D eigenvalue weighted by Crippen LogP contribution is -2.32. The summed E-state index contributed by atoms with van der Waals surface area (Å²) in [5.41, 5.74) is 0.481. The summed E-state index contributed by atoms with van der Waals surface area (Å²) >= 11 is 14.0. The van der Waals surface area contributed by atoms with Gasteiger partial charge in [-0.2, -0.15) is 0 Å². The molecule has 0 radical (unpaired) electrons. The van der Waals surface area contributed by atoms with E-state index in [9.17, 15) is 13.2 Å². The average Bonchev–Trinajstić information content (AvgIpc) is 3.24. The standard InChI is InChI=1S/C21H18Cl2N2O3S2/c1-2-11-25(19-8-4-3-7-17(19)22)30(27,28)20-13-15(9-10-18(20)23)21(26)24-14-16-6-5-12-29-16/h2-10,12-13H,1,11,14H2,(H,24,26). The van der Waals surface area contributed by atoms with Crippen LogP contribution in [0.3, 0.4) is 0 Å². The predicted octanol–water partition coefficient (Wildman–Crippen LogP) is 5.37. The molecule has 30 heavy (non-hydrogen) atoms. The molecule has 1 heterocycles. The molecule has 1 aromatic heterocycles. The van der Waals surface area contributed by atoms with Gasteiger partial charge in [-0.15, -0.1) is 17.9 Å². The van der Waals surface area contributed by atoms with E-state index in [0.717, 1.165) is 9.18 Å². The van der Waals surface area contributed by atoms with E-state index in [-0.39, 0.29) is 27.0 Å². The van der Waals surface area contributed by atoms with E-state index in [1.807, 2.05) is 17.5 Å². The largest absolute Gasteiger partial charge is 0.347 e. The summed E-state index contributed by atoms with van der Waals surface area (Å²) in [5.74, 6) is -0.399. The Kier molecular flexibility index (Phi) is 7.20. The van der Waals surface area contributed by atoms with Crippen LogP contribution in [-0.4, -0.2) is 20.9 Å². The third-order valence-corrected chi connectivity index (χ3v) is 7.64. The number of hydrogen-bond donors (Lipinski definition) is 1. The summed E-state index contributed by atoms with van der Waals surface area (Å²) in [5, 5.41) is 4.96. The Morgan fingerprint density at radius 3 is 2.53 bits per heavy atom. The van der Waals surface area contributed by atoms with E-state index in [0.29, 0.717) is 12.2 Å². The lowest BCUT2D eigenvalue weighted by atomic mass is 10.2. The second-order valence-electron chi connectivity index (χ2n) is 6.18. The molecule has 0 aliphatic heterocycles. The number of thiophene rings is 1. The van der Waals surface area contributed by atoms with E-state index >= 15 is 0 Å². The van der Waals surface area contributed by atoms with Gasteiger partial charge in [0.2, 0.25) is 0 Å². The zero-order valence-electron chi connectivity index (χ0n) is 15.7. The molecular weight excluding hydrogens is 463 g/mol. The van der Waals surface area contributed by atoms with Gasteiger partial charge < -0.3 is 5.32 Å². The Balaban J connectivity index is 1.96. The molecule has 0 aliphatic carbocycles. The molecule has 3 aromatic rings. The van der Waals surface area contributed by atoms with Crippen molar-refractivity contribution in [2.75, 3.05) is 10.8 Å². The normalized spacial score (nSPS) is 11.1. The Bertz CT molecular complexity index is 1160. The van der Waals surface area contributed by atoms with Crippen LogP contribution in [0, 0.1) is 0 Å². The Morgan fingerprint density at radius 1 is 1.10 bits per heavy atom. The van der Waals surface area contributed by atoms with Gasteiger partial charge >= 0.3 is 0 Å². The highest BCUT2D eigenvalue weighted by molar-refractivity contribution is 7.93. The van der Waals surface area contributed by atoms with E-state index in [4.69, 9.17) is 23.2 Å². The molecule has 0 aliphatic rings. The van der Waals surface area contributed by atoms with Crippen LogP contribution >= 0.6 is 34.5 Å². The fraction of sp³-hybridized carbons (Fsp3) is 0.0952. The number of nitrogens with one attached hydrogen (secondary N) is 1. The number of amides is 1. The van der Waals surface area contributed by atoms with Crippen molar-refractivity contribution in [2.45, 2.75) is 11.4 Å². The van der Waals surface area contributed by atoms with Gasteiger partial charge in [0.05, 0.1) is 28.8 Å². The van der Waals surface area contributed by atoms with Gasteiger partial charge in [-0.25, -0.2) is 8.42 Å². The van der Waals surface area contributed by atoms with E-state index in [1.165, 1.54) is 35.6 Å². The van der Waals surface area contributed by atoms with Crippen molar-refractivity contribution in [2.24, 2.45) is 0 Å². The number of halogens is 2. The van der Waals surface area contributed by atoms with Gasteiger partial charge in [0.15, 0.2) is 0 Å². The third kappa shape index (κ3) is 4.87. The molecule has 0 bridgehead atoms. The molecular formula is C21H18Cl2N2O3S2. The van der Waals surface area contributed by atoms with Crippen LogP contribution in [0.1, 0.15) is 15.2 Å². The van der Waals surface area contributed by atoms with Crippen LogP contribution in [0.25, 0.3) is 0 Å². The summed E-state index contributed by atoms with van der Waals surface area (Å²) in [6.45, 7) is 3.97. The molecule has 0 saturated carbocycles. The summed E-state index contributed by atoms with van der Waals surface area (Å²) < 4.78 is 27.9. The van der Waals surface area contributed by atoms with Crippen LogP contribution in [-0.2, 0) is 16.6 Å². The smallest absolute Gasteiger partial charge is 0.266 e. The fourth-order valence-corrected chi connectivity index (χ4v) is 5.63. The molecule has 5 nitrogen and oxygen atoms in total. The summed E-state index contributed by atoms with van der Waals surface area (Å²) in [4.78, 5) is 13.4. The first-order chi connectivity index (χ1) is 14.3. The van der Waals surface area contributed by atoms with Gasteiger partial charge in [0.1, 0.15) is 4.90 Å². The van der Waals surface area contributed by atoms with Crippen LogP contribution in [0.5, 0.6) is 0 Å². The predicted molar refractivity (Wildman–Crippen MR) is 123 cm³/mol. The number of rotatable bonds is 8. The topological polar surface area (TPSA) is 66.5 Å². The van der Waals surface area contributed by atoms with Crippen molar-refractivity contribution in [1.29, 1.82) is 0 Å². The van der Waals surface area contributed by atoms with Gasteiger partial charge in [-0.05, 0) is 41.8 Å². The molecule has 1 N–H and O–H groups in total. The third-order valence-electron chi connectivity index (χ3n) is 4.18. The molecule has 0 atom stereocenters. The molecule has 0 fully saturated rings. The maximum Gasteiger partial charge on any atom is 0.266 e. The van der Waals surface area contributed by atoms with Gasteiger partial charge in [-0.3, -0.25) is 9.10 Å². The Labute approximate surface area is 189 Å². The number of anilines is 1. The first-order valence-electron chi connectivity index (χ1n) is 8.83. The fourth-order valence-electron chi connectivity index (χ4n) is 2.74. The van der Waals surface area contributed by atoms with Crippen molar-refractivity contribution in [3.05, 3.63) is 93.1 Å². The van der Waals surface area contributed by atoms with Crippen molar-refractivity contribution in [3.8, 4) is 0 Å². The molecule has 0 unspecified atom stereocenters. The zero-order chi connectivity index (χ0) is 21.7. The minimum atomic E-state index is -4.12. The van der Waals surface area contributed by atoms with Crippen molar-refractivity contribution in [3.63, 3.8) is 0 Å². The van der Waals surface area contributed by atoms with Gasteiger partial charge in [0.25, 0.3) is 15.9 Å². The molecule has 0 saturated heterocycles. The van der Waals surface area contributed by atoms with Crippen LogP contribution < -0.4 is 9.62 Å². The lowest BCUT2D eigenvalue weighted by molar-refractivity contribution is 0.0951. The first-order valence-corrected chi connectivity index (χ1v) is 11.9. The van der Waals surface area contributed by atoms with Crippen LogP contribution in [0.4, 0.5) is 5.69 Å². The summed E-state index contributed by atoms with van der Waals surface area (Å²) in [6.07, 6.45) is 1.45. The number of hydrogen-bond acceptors (Lipinski definition) is 4. The Morgan fingerprint density at radius 2 is 1.87 bits per heavy atom. The van der Waals surface area contributed by atoms with Crippen LogP contribution in [0.15, 0.2) is 77.5 Å². The molecule has 1 amide bonds. The number of benzene rings is 2. The van der Waals surface area contributed by atoms with Crippen molar-refractivity contribution >= 4 is 56.2 Å². The highest BCUT2D eigenvalue weighted by atomic mass is 35.5. The molecule has 9 heteroatoms. The molecule has 156 valence electrons. The highest BCUT2D eigenvalue weighted by Crippen LogP contribution is 2.33. The van der Waals surface area contributed by atoms with Crippen molar-refractivity contribution < 1.29 is 13.2 Å². The maximum atomic E-state index is 13.4. The molecule has 0 spiro atoms. The number of nitrogens with zero attached hydrogens (tertiary/aromatic N) is 1. The van der Waals surface area contributed by atoms with E-state index in [1.54, 1.807) is 24.3 Å². The molecule has 3 rings (SSSR count). The lowest BCUT2D eigenvalue weighted by Gasteiger charge is -2.24. The summed E-state index contributed by atoms with van der Waals surface area (Å²) in [6, 6.07) is 14.5. The minimum absolute atomic E-state index is 0.00548. The van der Waals surface area contributed by atoms with E-state index < -0.39 is 15.9 Å². The minimum Gasteiger partial charge on any atom is -0.347 e.